The second kappa shape index (κ2) is 3.84. The molecule has 2 heterocycles. The Hall–Kier alpha value is -0.350. The van der Waals surface area contributed by atoms with E-state index in [2.05, 4.69) is 17.1 Å². The monoisotopic (exact) mass is 241 g/mol. The van der Waals surface area contributed by atoms with E-state index in [1.54, 1.807) is 0 Å². The first-order chi connectivity index (χ1) is 7.67. The summed E-state index contributed by atoms with van der Waals surface area (Å²) in [6.45, 7) is 1.78. The Morgan fingerprint density at radius 3 is 2.75 bits per heavy atom. The van der Waals surface area contributed by atoms with Crippen LogP contribution in [-0.2, 0) is 9.84 Å². The van der Waals surface area contributed by atoms with Crippen molar-refractivity contribution in [1.29, 1.82) is 0 Å². The van der Waals surface area contributed by atoms with Crippen LogP contribution in [-0.4, -0.2) is 43.5 Å². The molecule has 0 N–H and O–H groups in total. The Balaban J connectivity index is 1.74. The van der Waals surface area contributed by atoms with E-state index >= 15 is 0 Å². The highest BCUT2D eigenvalue weighted by molar-refractivity contribution is 7.92. The van der Waals surface area contributed by atoms with Crippen molar-refractivity contribution in [3.63, 3.8) is 0 Å². The molecule has 0 aromatic rings. The van der Waals surface area contributed by atoms with Gasteiger partial charge in [-0.05, 0) is 31.6 Å². The van der Waals surface area contributed by atoms with Crippen LogP contribution in [0.1, 0.15) is 25.7 Å². The molecule has 1 unspecified atom stereocenters. The van der Waals surface area contributed by atoms with Gasteiger partial charge in [0.25, 0.3) is 0 Å². The van der Waals surface area contributed by atoms with Crippen LogP contribution in [0.15, 0.2) is 12.2 Å². The summed E-state index contributed by atoms with van der Waals surface area (Å²) in [7, 11) is -2.76. The van der Waals surface area contributed by atoms with Crippen LogP contribution >= 0.6 is 0 Å². The smallest absolute Gasteiger partial charge is 0.154 e. The minimum absolute atomic E-state index is 0.0529. The Labute approximate surface area is 97.4 Å². The van der Waals surface area contributed by atoms with E-state index in [1.807, 2.05) is 0 Å². The van der Waals surface area contributed by atoms with Crippen molar-refractivity contribution in [2.24, 2.45) is 5.92 Å². The second-order valence-corrected chi connectivity index (χ2v) is 7.67. The third-order valence-electron chi connectivity index (χ3n) is 4.34. The third kappa shape index (κ3) is 1.72. The van der Waals surface area contributed by atoms with Crippen LogP contribution in [0.5, 0.6) is 0 Å². The van der Waals surface area contributed by atoms with Crippen LogP contribution in [0, 0.1) is 5.92 Å². The number of likely N-dealkylation sites (tertiary alicyclic amines) is 1. The van der Waals surface area contributed by atoms with Crippen molar-refractivity contribution < 1.29 is 8.42 Å². The summed E-state index contributed by atoms with van der Waals surface area (Å²) in [5.74, 6) is 0.844. The minimum Gasteiger partial charge on any atom is -0.295 e. The molecular weight excluding hydrogens is 222 g/mol. The molecule has 3 aliphatic rings. The van der Waals surface area contributed by atoms with E-state index in [1.165, 1.54) is 19.3 Å². The van der Waals surface area contributed by atoms with Gasteiger partial charge < -0.3 is 0 Å². The molecule has 0 aromatic carbocycles. The standard InChI is InChI=1S/C12H19NO2S/c14-16(15)7-6-10-8-13(9-12(10)16)11-4-2-1-3-5-11/h2,4,10-12H,1,3,5-9H2/t10-,11?,12+/m0/s1. The zero-order valence-electron chi connectivity index (χ0n) is 9.51. The number of allylic oxidation sites excluding steroid dienone is 1. The maximum Gasteiger partial charge on any atom is 0.154 e. The highest BCUT2D eigenvalue weighted by atomic mass is 32.2. The number of hydrogen-bond donors (Lipinski definition) is 0. The fraction of sp³-hybridized carbons (Fsp3) is 0.833. The predicted molar refractivity (Wildman–Crippen MR) is 64.0 cm³/mol. The lowest BCUT2D eigenvalue weighted by atomic mass is 10.0. The highest BCUT2D eigenvalue weighted by Gasteiger charge is 2.47. The van der Waals surface area contributed by atoms with E-state index < -0.39 is 9.84 Å². The maximum absolute atomic E-state index is 11.8. The topological polar surface area (TPSA) is 37.4 Å². The van der Waals surface area contributed by atoms with Crippen LogP contribution in [0.25, 0.3) is 0 Å². The van der Waals surface area contributed by atoms with E-state index in [9.17, 15) is 8.42 Å². The van der Waals surface area contributed by atoms with Gasteiger partial charge in [0.1, 0.15) is 0 Å². The van der Waals surface area contributed by atoms with Crippen molar-refractivity contribution in [2.75, 3.05) is 18.8 Å². The Morgan fingerprint density at radius 1 is 1.19 bits per heavy atom. The van der Waals surface area contributed by atoms with Gasteiger partial charge in [-0.1, -0.05) is 12.2 Å². The SMILES string of the molecule is O=S1(=O)CC[C@H]2CN(C3C=CCCC3)C[C@H]21. The molecule has 4 heteroatoms. The van der Waals surface area contributed by atoms with Gasteiger partial charge >= 0.3 is 0 Å². The van der Waals surface area contributed by atoms with Gasteiger partial charge in [-0.2, -0.15) is 0 Å². The fourth-order valence-corrected chi connectivity index (χ4v) is 5.56. The molecule has 3 atom stereocenters. The summed E-state index contributed by atoms with van der Waals surface area (Å²) in [4.78, 5) is 2.39. The molecule has 0 radical (unpaired) electrons. The first-order valence-corrected chi connectivity index (χ1v) is 8.01. The molecular formula is C12H19NO2S. The Kier molecular flexibility index (Phi) is 2.59. The van der Waals surface area contributed by atoms with Gasteiger partial charge in [-0.25, -0.2) is 8.42 Å². The van der Waals surface area contributed by atoms with Crippen LogP contribution in [0.3, 0.4) is 0 Å². The summed E-state index contributed by atoms with van der Waals surface area (Å²) in [6.07, 6.45) is 9.05. The molecule has 0 bridgehead atoms. The van der Waals surface area contributed by atoms with Crippen LogP contribution < -0.4 is 0 Å². The highest BCUT2D eigenvalue weighted by Crippen LogP contribution is 2.35. The second-order valence-electron chi connectivity index (χ2n) is 5.33. The van der Waals surface area contributed by atoms with Gasteiger partial charge in [-0.15, -0.1) is 0 Å². The van der Waals surface area contributed by atoms with Gasteiger partial charge in [-0.3, -0.25) is 4.90 Å². The quantitative estimate of drug-likeness (QED) is 0.648. The summed E-state index contributed by atoms with van der Waals surface area (Å²) < 4.78 is 23.7. The zero-order valence-corrected chi connectivity index (χ0v) is 10.3. The summed E-state index contributed by atoms with van der Waals surface area (Å²) >= 11 is 0. The number of fused-ring (bicyclic) bond motifs is 1. The van der Waals surface area contributed by atoms with Gasteiger partial charge in [0.15, 0.2) is 9.84 Å². The molecule has 16 heavy (non-hydrogen) atoms. The number of hydrogen-bond acceptors (Lipinski definition) is 3. The molecule has 0 spiro atoms. The molecule has 0 saturated carbocycles. The molecule has 90 valence electrons. The van der Waals surface area contributed by atoms with E-state index in [4.69, 9.17) is 0 Å². The fourth-order valence-electron chi connectivity index (χ4n) is 3.39. The molecule has 2 fully saturated rings. The number of nitrogens with zero attached hydrogens (tertiary/aromatic N) is 1. The minimum atomic E-state index is -2.76. The van der Waals surface area contributed by atoms with Crippen LogP contribution in [0.4, 0.5) is 0 Å². The van der Waals surface area contributed by atoms with Gasteiger partial charge in [0.05, 0.1) is 11.0 Å². The average Bonchev–Trinajstić information content (AvgIpc) is 2.82. The largest absolute Gasteiger partial charge is 0.295 e. The molecule has 1 aliphatic carbocycles. The summed E-state index contributed by atoms with van der Waals surface area (Å²) in [5.41, 5.74) is 0. The zero-order chi connectivity index (χ0) is 11.2. The summed E-state index contributed by atoms with van der Waals surface area (Å²) in [5, 5.41) is -0.0529. The normalized spacial score (nSPS) is 42.4. The first kappa shape index (κ1) is 10.8. The van der Waals surface area contributed by atoms with Crippen molar-refractivity contribution in [1.82, 2.24) is 4.90 Å². The lowest BCUT2D eigenvalue weighted by Gasteiger charge is -2.27. The van der Waals surface area contributed by atoms with Crippen molar-refractivity contribution in [3.05, 3.63) is 12.2 Å². The molecule has 2 aliphatic heterocycles. The lowest BCUT2D eigenvalue weighted by Crippen LogP contribution is -2.35. The van der Waals surface area contributed by atoms with E-state index in [-0.39, 0.29) is 5.25 Å². The average molecular weight is 241 g/mol. The van der Waals surface area contributed by atoms with Gasteiger partial charge in [0, 0.05) is 19.1 Å². The van der Waals surface area contributed by atoms with E-state index in [0.717, 1.165) is 19.5 Å². The van der Waals surface area contributed by atoms with Crippen molar-refractivity contribution >= 4 is 9.84 Å². The molecule has 2 saturated heterocycles. The number of rotatable bonds is 1. The van der Waals surface area contributed by atoms with Crippen molar-refractivity contribution in [2.45, 2.75) is 37.0 Å². The third-order valence-corrected chi connectivity index (χ3v) is 6.60. The molecule has 0 aromatic heterocycles. The first-order valence-electron chi connectivity index (χ1n) is 6.29. The van der Waals surface area contributed by atoms with Crippen LogP contribution in [0.2, 0.25) is 0 Å². The predicted octanol–water partition coefficient (Wildman–Crippen LogP) is 1.21. The molecule has 0 amide bonds. The lowest BCUT2D eigenvalue weighted by molar-refractivity contribution is 0.252. The molecule has 3 rings (SSSR count). The van der Waals surface area contributed by atoms with Crippen molar-refractivity contribution in [3.8, 4) is 0 Å². The Bertz CT molecular complexity index is 401. The van der Waals surface area contributed by atoms with E-state index in [0.29, 0.717) is 17.7 Å². The maximum atomic E-state index is 11.8. The Morgan fingerprint density at radius 2 is 2.06 bits per heavy atom. The summed E-state index contributed by atoms with van der Waals surface area (Å²) in [6, 6.07) is 0.509. The van der Waals surface area contributed by atoms with Gasteiger partial charge in [0.2, 0.25) is 0 Å². The molecule has 3 nitrogen and oxygen atoms in total. The number of sulfone groups is 1.